The molecular formula is C20H18N2O4. The van der Waals surface area contributed by atoms with Crippen molar-refractivity contribution in [1.82, 2.24) is 5.32 Å². The molecule has 26 heavy (non-hydrogen) atoms. The first-order chi connectivity index (χ1) is 12.6. The number of ether oxygens (including phenoxy) is 1. The summed E-state index contributed by atoms with van der Waals surface area (Å²) in [5.74, 6) is -0.996. The van der Waals surface area contributed by atoms with Crippen LogP contribution in [0.3, 0.4) is 0 Å². The van der Waals surface area contributed by atoms with E-state index in [4.69, 9.17) is 4.74 Å². The van der Waals surface area contributed by atoms with E-state index < -0.39 is 0 Å². The van der Waals surface area contributed by atoms with Crippen LogP contribution in [0, 0.1) is 0 Å². The summed E-state index contributed by atoms with van der Waals surface area (Å²) in [6.07, 6.45) is 2.00. The molecule has 0 unspecified atom stereocenters. The van der Waals surface area contributed by atoms with Gasteiger partial charge in [-0.3, -0.25) is 14.4 Å². The fourth-order valence-corrected chi connectivity index (χ4v) is 3.32. The summed E-state index contributed by atoms with van der Waals surface area (Å²) >= 11 is 0. The first kappa shape index (κ1) is 16.5. The van der Waals surface area contributed by atoms with E-state index in [1.54, 1.807) is 48.5 Å². The second-order valence-electron chi connectivity index (χ2n) is 6.39. The number of hydrogen-bond donors (Lipinski definition) is 1. The van der Waals surface area contributed by atoms with Crippen molar-refractivity contribution in [3.05, 3.63) is 65.2 Å². The number of anilines is 1. The smallest absolute Gasteiger partial charge is 0.266 e. The van der Waals surface area contributed by atoms with Crippen LogP contribution < -0.4 is 10.2 Å². The van der Waals surface area contributed by atoms with Gasteiger partial charge >= 0.3 is 0 Å². The van der Waals surface area contributed by atoms with E-state index in [1.807, 2.05) is 0 Å². The summed E-state index contributed by atoms with van der Waals surface area (Å²) in [5, 5.41) is 2.85. The van der Waals surface area contributed by atoms with Gasteiger partial charge in [0, 0.05) is 18.7 Å². The van der Waals surface area contributed by atoms with Crippen LogP contribution in [0.2, 0.25) is 0 Å². The molecule has 3 amide bonds. The standard InChI is InChI=1S/C20H18N2O4/c23-18(21-12-15-7-4-10-26-15)13-5-3-6-14(11-13)22-19(24)16-8-1-2-9-17(16)20(22)25/h1-3,5-6,8-9,11,15H,4,7,10,12H2,(H,21,23)/t15-/m1/s1. The van der Waals surface area contributed by atoms with Crippen LogP contribution in [0.1, 0.15) is 43.9 Å². The zero-order valence-electron chi connectivity index (χ0n) is 14.1. The van der Waals surface area contributed by atoms with Gasteiger partial charge in [-0.25, -0.2) is 4.90 Å². The summed E-state index contributed by atoms with van der Waals surface area (Å²) in [7, 11) is 0. The molecular weight excluding hydrogens is 332 g/mol. The van der Waals surface area contributed by atoms with Gasteiger partial charge in [-0.05, 0) is 43.2 Å². The number of fused-ring (bicyclic) bond motifs is 1. The van der Waals surface area contributed by atoms with Crippen molar-refractivity contribution in [2.24, 2.45) is 0 Å². The van der Waals surface area contributed by atoms with Crippen molar-refractivity contribution in [2.45, 2.75) is 18.9 Å². The number of rotatable bonds is 4. The monoisotopic (exact) mass is 350 g/mol. The molecule has 2 aliphatic heterocycles. The molecule has 132 valence electrons. The van der Waals surface area contributed by atoms with E-state index in [0.717, 1.165) is 24.3 Å². The average molecular weight is 350 g/mol. The van der Waals surface area contributed by atoms with Crippen molar-refractivity contribution >= 4 is 23.4 Å². The predicted molar refractivity (Wildman–Crippen MR) is 95.3 cm³/mol. The maximum absolute atomic E-state index is 12.6. The van der Waals surface area contributed by atoms with Gasteiger partial charge in [0.1, 0.15) is 0 Å². The van der Waals surface area contributed by atoms with Gasteiger partial charge in [0.05, 0.1) is 22.9 Å². The largest absolute Gasteiger partial charge is 0.376 e. The molecule has 1 saturated heterocycles. The van der Waals surface area contributed by atoms with Gasteiger partial charge in [0.15, 0.2) is 0 Å². The lowest BCUT2D eigenvalue weighted by molar-refractivity contribution is 0.0856. The van der Waals surface area contributed by atoms with Gasteiger partial charge in [0.25, 0.3) is 17.7 Å². The van der Waals surface area contributed by atoms with Crippen LogP contribution in [0.5, 0.6) is 0 Å². The Morgan fingerprint density at radius 3 is 2.46 bits per heavy atom. The van der Waals surface area contributed by atoms with Gasteiger partial charge in [-0.2, -0.15) is 0 Å². The van der Waals surface area contributed by atoms with Gasteiger partial charge in [0.2, 0.25) is 0 Å². The van der Waals surface area contributed by atoms with Gasteiger partial charge in [-0.15, -0.1) is 0 Å². The maximum atomic E-state index is 12.6. The Hall–Kier alpha value is -2.99. The zero-order chi connectivity index (χ0) is 18.1. The number of carbonyl (C=O) groups is 3. The molecule has 0 saturated carbocycles. The molecule has 0 bridgehead atoms. The predicted octanol–water partition coefficient (Wildman–Crippen LogP) is 2.40. The molecule has 6 heteroatoms. The van der Waals surface area contributed by atoms with Crippen LogP contribution in [-0.4, -0.2) is 37.0 Å². The van der Waals surface area contributed by atoms with Crippen LogP contribution >= 0.6 is 0 Å². The number of nitrogens with zero attached hydrogens (tertiary/aromatic N) is 1. The first-order valence-corrected chi connectivity index (χ1v) is 8.63. The highest BCUT2D eigenvalue weighted by Crippen LogP contribution is 2.28. The molecule has 0 aliphatic carbocycles. The fraction of sp³-hybridized carbons (Fsp3) is 0.250. The summed E-state index contributed by atoms with van der Waals surface area (Å²) in [5.41, 5.74) is 1.55. The molecule has 2 aromatic carbocycles. The molecule has 4 rings (SSSR count). The minimum Gasteiger partial charge on any atom is -0.376 e. The lowest BCUT2D eigenvalue weighted by Crippen LogP contribution is -2.32. The van der Waals surface area contributed by atoms with E-state index >= 15 is 0 Å². The summed E-state index contributed by atoms with van der Waals surface area (Å²) in [6.45, 7) is 1.19. The number of nitrogens with one attached hydrogen (secondary N) is 1. The highest BCUT2D eigenvalue weighted by atomic mass is 16.5. The third-order valence-electron chi connectivity index (χ3n) is 4.67. The SMILES string of the molecule is O=C(NC[C@H]1CCCO1)c1cccc(N2C(=O)c3ccccc3C2=O)c1. The van der Waals surface area contributed by atoms with Crippen LogP contribution in [0.25, 0.3) is 0 Å². The minimum absolute atomic E-state index is 0.0540. The lowest BCUT2D eigenvalue weighted by Gasteiger charge is -2.15. The average Bonchev–Trinajstić information content (AvgIpc) is 3.27. The van der Waals surface area contributed by atoms with Crippen LogP contribution in [0.15, 0.2) is 48.5 Å². The molecule has 6 nitrogen and oxygen atoms in total. The van der Waals surface area contributed by atoms with E-state index in [9.17, 15) is 14.4 Å². The van der Waals surface area contributed by atoms with Crippen LogP contribution in [0.4, 0.5) is 5.69 Å². The van der Waals surface area contributed by atoms with E-state index in [0.29, 0.717) is 28.9 Å². The van der Waals surface area contributed by atoms with Gasteiger partial charge < -0.3 is 10.1 Å². The quantitative estimate of drug-likeness (QED) is 0.859. The molecule has 1 fully saturated rings. The Morgan fingerprint density at radius 2 is 1.81 bits per heavy atom. The van der Waals surface area contributed by atoms with E-state index in [2.05, 4.69) is 5.32 Å². The van der Waals surface area contributed by atoms with Crippen molar-refractivity contribution in [3.8, 4) is 0 Å². The third kappa shape index (κ3) is 2.88. The number of amides is 3. The molecule has 0 aromatic heterocycles. The minimum atomic E-state index is -0.373. The topological polar surface area (TPSA) is 75.7 Å². The molecule has 1 N–H and O–H groups in total. The number of imide groups is 1. The number of carbonyl (C=O) groups excluding carboxylic acids is 3. The Bertz CT molecular complexity index is 852. The Morgan fingerprint density at radius 1 is 1.08 bits per heavy atom. The summed E-state index contributed by atoms with van der Waals surface area (Å²) < 4.78 is 5.50. The summed E-state index contributed by atoms with van der Waals surface area (Å²) in [4.78, 5) is 38.7. The fourth-order valence-electron chi connectivity index (χ4n) is 3.32. The third-order valence-corrected chi connectivity index (χ3v) is 4.67. The van der Waals surface area contributed by atoms with Crippen molar-refractivity contribution in [1.29, 1.82) is 0 Å². The van der Waals surface area contributed by atoms with Crippen molar-refractivity contribution in [3.63, 3.8) is 0 Å². The Balaban J connectivity index is 1.54. The lowest BCUT2D eigenvalue weighted by atomic mass is 10.1. The van der Waals surface area contributed by atoms with Crippen molar-refractivity contribution < 1.29 is 19.1 Å². The second kappa shape index (κ2) is 6.72. The van der Waals surface area contributed by atoms with Crippen LogP contribution in [-0.2, 0) is 4.74 Å². The Kier molecular flexibility index (Phi) is 4.26. The molecule has 0 spiro atoms. The normalized spacial score (nSPS) is 18.9. The van der Waals surface area contributed by atoms with E-state index in [1.165, 1.54) is 0 Å². The number of benzene rings is 2. The molecule has 2 aromatic rings. The first-order valence-electron chi connectivity index (χ1n) is 8.63. The van der Waals surface area contributed by atoms with Crippen molar-refractivity contribution in [2.75, 3.05) is 18.1 Å². The molecule has 2 heterocycles. The zero-order valence-corrected chi connectivity index (χ0v) is 14.1. The van der Waals surface area contributed by atoms with E-state index in [-0.39, 0.29) is 23.8 Å². The van der Waals surface area contributed by atoms with Gasteiger partial charge in [-0.1, -0.05) is 18.2 Å². The maximum Gasteiger partial charge on any atom is 0.266 e. The molecule has 2 aliphatic rings. The highest BCUT2D eigenvalue weighted by molar-refractivity contribution is 6.34. The molecule has 1 atom stereocenters. The molecule has 0 radical (unpaired) electrons. The second-order valence-corrected chi connectivity index (χ2v) is 6.39. The highest BCUT2D eigenvalue weighted by Gasteiger charge is 2.36. The Labute approximate surface area is 150 Å². The number of hydrogen-bond acceptors (Lipinski definition) is 4. The summed E-state index contributed by atoms with van der Waals surface area (Å²) in [6, 6.07) is 13.3.